The molecule has 0 amide bonds. The zero-order chi connectivity index (χ0) is 12.4. The van der Waals surface area contributed by atoms with E-state index >= 15 is 0 Å². The van der Waals surface area contributed by atoms with Crippen molar-refractivity contribution < 1.29 is 9.50 Å². The highest BCUT2D eigenvalue weighted by Crippen LogP contribution is 2.36. The fourth-order valence-electron chi connectivity index (χ4n) is 1.81. The predicted octanol–water partition coefficient (Wildman–Crippen LogP) is 3.72. The number of halogens is 1. The van der Waals surface area contributed by atoms with E-state index in [1.165, 1.54) is 12.1 Å². The number of hydrogen-bond acceptors (Lipinski definition) is 2. The number of nitrogens with zero attached hydrogens (tertiary/aromatic N) is 1. The molecule has 17 heavy (non-hydrogen) atoms. The Balaban J connectivity index is 2.63. The van der Waals surface area contributed by atoms with Gasteiger partial charge in [-0.2, -0.15) is 0 Å². The van der Waals surface area contributed by atoms with Crippen molar-refractivity contribution in [1.82, 2.24) is 4.98 Å². The lowest BCUT2D eigenvalue weighted by molar-refractivity contribution is 0.464. The Bertz CT molecular complexity index is 523. The van der Waals surface area contributed by atoms with Crippen LogP contribution in [0.5, 0.6) is 5.75 Å². The van der Waals surface area contributed by atoms with Crippen LogP contribution >= 0.6 is 0 Å². The van der Waals surface area contributed by atoms with Gasteiger partial charge in [-0.15, -0.1) is 0 Å². The fraction of sp³-hybridized carbons (Fsp3) is 0.214. The normalized spacial score (nSPS) is 10.8. The number of rotatable bonds is 2. The first-order valence-electron chi connectivity index (χ1n) is 5.52. The van der Waals surface area contributed by atoms with Crippen LogP contribution in [0.25, 0.3) is 11.1 Å². The minimum atomic E-state index is -0.335. The van der Waals surface area contributed by atoms with Gasteiger partial charge in [-0.25, -0.2) is 4.39 Å². The summed E-state index contributed by atoms with van der Waals surface area (Å²) >= 11 is 0. The predicted molar refractivity (Wildman–Crippen MR) is 65.4 cm³/mol. The molecule has 0 saturated heterocycles. The summed E-state index contributed by atoms with van der Waals surface area (Å²) in [6, 6.07) is 6.22. The second-order valence-electron chi connectivity index (χ2n) is 4.28. The molecule has 0 saturated carbocycles. The van der Waals surface area contributed by atoms with Gasteiger partial charge < -0.3 is 5.11 Å². The zero-order valence-electron chi connectivity index (χ0n) is 9.81. The zero-order valence-corrected chi connectivity index (χ0v) is 9.81. The monoisotopic (exact) mass is 231 g/mol. The summed E-state index contributed by atoms with van der Waals surface area (Å²) in [5.74, 6) is -0.114. The van der Waals surface area contributed by atoms with Gasteiger partial charge in [0.25, 0.3) is 0 Å². The topological polar surface area (TPSA) is 33.1 Å². The summed E-state index contributed by atoms with van der Waals surface area (Å²) in [5, 5.41) is 10.2. The molecule has 2 rings (SSSR count). The van der Waals surface area contributed by atoms with Gasteiger partial charge >= 0.3 is 0 Å². The minimum Gasteiger partial charge on any atom is -0.507 e. The molecule has 0 bridgehead atoms. The van der Waals surface area contributed by atoms with Gasteiger partial charge in [0.05, 0.1) is 0 Å². The van der Waals surface area contributed by atoms with Crippen LogP contribution in [0.15, 0.2) is 36.7 Å². The van der Waals surface area contributed by atoms with Crippen molar-refractivity contribution in [2.75, 3.05) is 0 Å². The van der Waals surface area contributed by atoms with Gasteiger partial charge in [0.15, 0.2) is 0 Å². The number of hydrogen-bond donors (Lipinski definition) is 1. The first kappa shape index (κ1) is 11.6. The summed E-state index contributed by atoms with van der Waals surface area (Å²) in [7, 11) is 0. The van der Waals surface area contributed by atoms with E-state index < -0.39 is 0 Å². The van der Waals surface area contributed by atoms with Crippen molar-refractivity contribution in [1.29, 1.82) is 0 Å². The van der Waals surface area contributed by atoms with E-state index in [4.69, 9.17) is 0 Å². The largest absolute Gasteiger partial charge is 0.507 e. The molecule has 0 radical (unpaired) electrons. The maximum Gasteiger partial charge on any atom is 0.127 e. The average molecular weight is 231 g/mol. The quantitative estimate of drug-likeness (QED) is 0.854. The summed E-state index contributed by atoms with van der Waals surface area (Å²) in [6.45, 7) is 3.84. The summed E-state index contributed by atoms with van der Waals surface area (Å²) < 4.78 is 13.5. The van der Waals surface area contributed by atoms with E-state index in [0.717, 1.165) is 5.56 Å². The Morgan fingerprint density at radius 2 is 1.82 bits per heavy atom. The molecular formula is C14H14FNO. The van der Waals surface area contributed by atoms with E-state index in [9.17, 15) is 9.50 Å². The van der Waals surface area contributed by atoms with Gasteiger partial charge in [-0.1, -0.05) is 13.8 Å². The molecule has 0 atom stereocenters. The standard InChI is InChI=1S/C14H14FNO/c1-9(2)12-7-11(15)8-13(14(12)17)10-3-5-16-6-4-10/h3-9,17H,1-2H3. The van der Waals surface area contributed by atoms with Crippen LogP contribution in [-0.2, 0) is 0 Å². The van der Waals surface area contributed by atoms with Crippen molar-refractivity contribution in [2.45, 2.75) is 19.8 Å². The third-order valence-electron chi connectivity index (χ3n) is 2.72. The van der Waals surface area contributed by atoms with Crippen LogP contribution in [-0.4, -0.2) is 10.1 Å². The molecule has 1 N–H and O–H groups in total. The lowest BCUT2D eigenvalue weighted by atomic mass is 9.96. The number of phenols is 1. The molecule has 2 aromatic rings. The molecule has 0 aliphatic heterocycles. The lowest BCUT2D eigenvalue weighted by Crippen LogP contribution is -1.93. The summed E-state index contributed by atoms with van der Waals surface area (Å²) in [4.78, 5) is 3.91. The molecule has 0 unspecified atom stereocenters. The number of phenolic OH excluding ortho intramolecular Hbond substituents is 1. The van der Waals surface area contributed by atoms with Gasteiger partial charge in [-0.05, 0) is 41.3 Å². The summed E-state index contributed by atoms with van der Waals surface area (Å²) in [6.07, 6.45) is 3.24. The van der Waals surface area contributed by atoms with Crippen LogP contribution in [0.3, 0.4) is 0 Å². The van der Waals surface area contributed by atoms with Crippen molar-refractivity contribution in [3.8, 4) is 16.9 Å². The SMILES string of the molecule is CC(C)c1cc(F)cc(-c2ccncc2)c1O. The Hall–Kier alpha value is -1.90. The lowest BCUT2D eigenvalue weighted by Gasteiger charge is -2.13. The maximum atomic E-state index is 13.5. The first-order valence-corrected chi connectivity index (χ1v) is 5.52. The van der Waals surface area contributed by atoms with Gasteiger partial charge in [-0.3, -0.25) is 4.98 Å². The number of aromatic nitrogens is 1. The molecule has 1 aromatic heterocycles. The molecule has 1 aromatic carbocycles. The smallest absolute Gasteiger partial charge is 0.127 e. The van der Waals surface area contributed by atoms with Gasteiger partial charge in [0, 0.05) is 18.0 Å². The highest BCUT2D eigenvalue weighted by molar-refractivity contribution is 5.71. The number of pyridine rings is 1. The van der Waals surface area contributed by atoms with E-state index in [1.807, 2.05) is 13.8 Å². The number of benzene rings is 1. The minimum absolute atomic E-state index is 0.0753. The highest BCUT2D eigenvalue weighted by Gasteiger charge is 2.14. The van der Waals surface area contributed by atoms with Crippen LogP contribution < -0.4 is 0 Å². The van der Waals surface area contributed by atoms with E-state index in [-0.39, 0.29) is 17.5 Å². The van der Waals surface area contributed by atoms with E-state index in [0.29, 0.717) is 11.1 Å². The fourth-order valence-corrected chi connectivity index (χ4v) is 1.81. The molecule has 0 aliphatic carbocycles. The maximum absolute atomic E-state index is 13.5. The Labute approximate surface area is 99.8 Å². The van der Waals surface area contributed by atoms with Crippen molar-refractivity contribution in [3.63, 3.8) is 0 Å². The third-order valence-corrected chi connectivity index (χ3v) is 2.72. The van der Waals surface area contributed by atoms with Crippen LogP contribution in [0.4, 0.5) is 4.39 Å². The van der Waals surface area contributed by atoms with Crippen molar-refractivity contribution in [2.24, 2.45) is 0 Å². The van der Waals surface area contributed by atoms with Gasteiger partial charge in [0.1, 0.15) is 11.6 Å². The second-order valence-corrected chi connectivity index (χ2v) is 4.28. The third kappa shape index (κ3) is 2.28. The molecule has 2 nitrogen and oxygen atoms in total. The molecular weight excluding hydrogens is 217 g/mol. The Kier molecular flexibility index (Phi) is 3.09. The number of aromatic hydroxyl groups is 1. The molecule has 3 heteroatoms. The van der Waals surface area contributed by atoms with E-state index in [1.54, 1.807) is 24.5 Å². The van der Waals surface area contributed by atoms with Crippen molar-refractivity contribution in [3.05, 3.63) is 48.0 Å². The molecule has 1 heterocycles. The molecule has 0 spiro atoms. The first-order chi connectivity index (χ1) is 8.09. The Morgan fingerprint density at radius 3 is 2.41 bits per heavy atom. The van der Waals surface area contributed by atoms with Crippen molar-refractivity contribution >= 4 is 0 Å². The van der Waals surface area contributed by atoms with Gasteiger partial charge in [0.2, 0.25) is 0 Å². The summed E-state index contributed by atoms with van der Waals surface area (Å²) in [5.41, 5.74) is 1.90. The molecule has 88 valence electrons. The average Bonchev–Trinajstić information content (AvgIpc) is 2.32. The van der Waals surface area contributed by atoms with Crippen LogP contribution in [0, 0.1) is 5.82 Å². The van der Waals surface area contributed by atoms with Crippen LogP contribution in [0.2, 0.25) is 0 Å². The molecule has 0 fully saturated rings. The van der Waals surface area contributed by atoms with Crippen LogP contribution in [0.1, 0.15) is 25.3 Å². The Morgan fingerprint density at radius 1 is 1.18 bits per heavy atom. The highest BCUT2D eigenvalue weighted by atomic mass is 19.1. The van der Waals surface area contributed by atoms with E-state index in [2.05, 4.69) is 4.98 Å². The second kappa shape index (κ2) is 4.53. The molecule has 0 aliphatic rings.